The van der Waals surface area contributed by atoms with Crippen molar-refractivity contribution in [1.29, 1.82) is 0 Å². The summed E-state index contributed by atoms with van der Waals surface area (Å²) in [6.45, 7) is 6.62. The molecule has 0 atom stereocenters. The molecule has 0 saturated heterocycles. The summed E-state index contributed by atoms with van der Waals surface area (Å²) in [5.41, 5.74) is 5.68. The fourth-order valence-corrected chi connectivity index (χ4v) is 3.81. The van der Waals surface area contributed by atoms with Crippen LogP contribution < -0.4 is 10.6 Å². The number of hydrogen-bond donors (Lipinski definition) is 1. The number of rotatable bonds is 7. The molecule has 0 spiro atoms. The summed E-state index contributed by atoms with van der Waals surface area (Å²) in [7, 11) is -1.55. The van der Waals surface area contributed by atoms with Gasteiger partial charge in [-0.2, -0.15) is 4.37 Å². The molecule has 0 aliphatic rings. The van der Waals surface area contributed by atoms with E-state index in [0.29, 0.717) is 18.2 Å². The van der Waals surface area contributed by atoms with Crippen LogP contribution in [0.1, 0.15) is 20.8 Å². The predicted octanol–water partition coefficient (Wildman–Crippen LogP) is 1.38. The molecule has 19 heavy (non-hydrogen) atoms. The Labute approximate surface area is 118 Å². The fourth-order valence-electron chi connectivity index (χ4n) is 1.49. The molecule has 0 unspecified atom stereocenters. The van der Waals surface area contributed by atoms with Crippen LogP contribution >= 0.6 is 11.5 Å². The number of sulfone groups is 1. The van der Waals surface area contributed by atoms with Gasteiger partial charge in [-0.15, -0.1) is 0 Å². The highest BCUT2D eigenvalue weighted by Gasteiger charge is 2.25. The van der Waals surface area contributed by atoms with Gasteiger partial charge >= 0.3 is 0 Å². The Kier molecular flexibility index (Phi) is 5.57. The largest absolute Gasteiger partial charge is 0.382 e. The zero-order valence-electron chi connectivity index (χ0n) is 11.7. The normalized spacial score (nSPS) is 12.1. The van der Waals surface area contributed by atoms with Crippen molar-refractivity contribution < 1.29 is 13.2 Å². The van der Waals surface area contributed by atoms with E-state index in [4.69, 9.17) is 10.5 Å². The first kappa shape index (κ1) is 16.2. The van der Waals surface area contributed by atoms with E-state index in [1.807, 2.05) is 25.8 Å². The van der Waals surface area contributed by atoms with Crippen LogP contribution in [0, 0.1) is 0 Å². The van der Waals surface area contributed by atoms with Crippen LogP contribution in [0.5, 0.6) is 0 Å². The second-order valence-corrected chi connectivity index (χ2v) is 7.41. The molecule has 1 rings (SSSR count). The molecule has 6 nitrogen and oxygen atoms in total. The van der Waals surface area contributed by atoms with E-state index in [1.54, 1.807) is 6.92 Å². The minimum absolute atomic E-state index is 0.0128. The van der Waals surface area contributed by atoms with Gasteiger partial charge in [-0.25, -0.2) is 8.42 Å². The molecule has 110 valence electrons. The third-order valence-corrected chi connectivity index (χ3v) is 5.46. The van der Waals surface area contributed by atoms with Crippen LogP contribution in [-0.2, 0) is 14.6 Å². The molecular formula is C11H21N3O3S2. The van der Waals surface area contributed by atoms with Crippen molar-refractivity contribution in [2.45, 2.75) is 31.8 Å². The second kappa shape index (κ2) is 6.53. The van der Waals surface area contributed by atoms with E-state index >= 15 is 0 Å². The van der Waals surface area contributed by atoms with E-state index < -0.39 is 9.84 Å². The van der Waals surface area contributed by atoms with Gasteiger partial charge in [0.05, 0.1) is 18.5 Å². The smallest absolute Gasteiger partial charge is 0.184 e. The summed E-state index contributed by atoms with van der Waals surface area (Å²) in [4.78, 5) is 1.96. The van der Waals surface area contributed by atoms with Gasteiger partial charge in [0.25, 0.3) is 0 Å². The molecule has 1 aromatic heterocycles. The number of nitrogen functional groups attached to an aromatic ring is 1. The molecule has 1 heterocycles. The quantitative estimate of drug-likeness (QED) is 0.819. The topological polar surface area (TPSA) is 85.5 Å². The predicted molar refractivity (Wildman–Crippen MR) is 78.6 cm³/mol. The third-order valence-electron chi connectivity index (χ3n) is 2.57. The minimum atomic E-state index is -3.36. The zero-order chi connectivity index (χ0) is 14.6. The van der Waals surface area contributed by atoms with Crippen molar-refractivity contribution in [2.24, 2.45) is 0 Å². The Morgan fingerprint density at radius 2 is 2.11 bits per heavy atom. The number of anilines is 2. The summed E-state index contributed by atoms with van der Waals surface area (Å²) in [5.74, 6) is 0.0948. The molecule has 0 saturated carbocycles. The van der Waals surface area contributed by atoms with Gasteiger partial charge in [-0.05, 0) is 25.4 Å². The van der Waals surface area contributed by atoms with Crippen LogP contribution in [0.25, 0.3) is 0 Å². The summed E-state index contributed by atoms with van der Waals surface area (Å²) in [6.07, 6.45) is 0.152. The average Bonchev–Trinajstić information content (AvgIpc) is 2.71. The molecule has 0 aliphatic carbocycles. The third kappa shape index (κ3) is 4.05. The van der Waals surface area contributed by atoms with Gasteiger partial charge in [0.1, 0.15) is 9.90 Å². The van der Waals surface area contributed by atoms with Crippen LogP contribution in [-0.4, -0.2) is 44.8 Å². The first-order chi connectivity index (χ1) is 8.79. The van der Waals surface area contributed by atoms with Crippen LogP contribution in [0.2, 0.25) is 0 Å². The van der Waals surface area contributed by atoms with Crippen LogP contribution in [0.4, 0.5) is 10.8 Å². The van der Waals surface area contributed by atoms with Crippen molar-refractivity contribution in [3.63, 3.8) is 0 Å². The SMILES string of the molecule is CCS(=O)(=O)c1c(N)nsc1N(C)CCOC(C)C. The van der Waals surface area contributed by atoms with Crippen molar-refractivity contribution in [2.75, 3.05) is 36.6 Å². The van der Waals surface area contributed by atoms with Gasteiger partial charge in [0.15, 0.2) is 15.7 Å². The lowest BCUT2D eigenvalue weighted by Crippen LogP contribution is -2.24. The molecule has 0 aromatic carbocycles. The van der Waals surface area contributed by atoms with Crippen molar-refractivity contribution in [1.82, 2.24) is 4.37 Å². The summed E-state index contributed by atoms with van der Waals surface area (Å²) in [5, 5.41) is 0.576. The molecule has 8 heteroatoms. The van der Waals surface area contributed by atoms with Gasteiger partial charge < -0.3 is 15.4 Å². The number of likely N-dealkylation sites (N-methyl/N-ethyl adjacent to an activating group) is 1. The standard InChI is InChI=1S/C11H21N3O3S2/c1-5-19(15,16)9-10(12)13-18-11(9)14(4)6-7-17-8(2)3/h8H,5-7H2,1-4H3,(H2,12,13). The van der Waals surface area contributed by atoms with Crippen LogP contribution in [0.3, 0.4) is 0 Å². The number of hydrogen-bond acceptors (Lipinski definition) is 7. The summed E-state index contributed by atoms with van der Waals surface area (Å²) in [6, 6.07) is 0. The van der Waals surface area contributed by atoms with Crippen molar-refractivity contribution >= 4 is 32.2 Å². The Morgan fingerprint density at radius 1 is 1.47 bits per heavy atom. The maximum absolute atomic E-state index is 12.0. The monoisotopic (exact) mass is 307 g/mol. The maximum atomic E-state index is 12.0. The van der Waals surface area contributed by atoms with Gasteiger partial charge in [0, 0.05) is 13.6 Å². The first-order valence-electron chi connectivity index (χ1n) is 6.10. The van der Waals surface area contributed by atoms with E-state index in [2.05, 4.69) is 4.37 Å². The zero-order valence-corrected chi connectivity index (χ0v) is 13.3. The van der Waals surface area contributed by atoms with Crippen molar-refractivity contribution in [3.05, 3.63) is 0 Å². The highest BCUT2D eigenvalue weighted by atomic mass is 32.2. The van der Waals surface area contributed by atoms with E-state index in [0.717, 1.165) is 11.5 Å². The molecule has 0 fully saturated rings. The first-order valence-corrected chi connectivity index (χ1v) is 8.52. The molecule has 0 amide bonds. The molecule has 2 N–H and O–H groups in total. The second-order valence-electron chi connectivity index (χ2n) is 4.45. The lowest BCUT2D eigenvalue weighted by Gasteiger charge is -2.19. The van der Waals surface area contributed by atoms with Gasteiger partial charge in [-0.3, -0.25) is 0 Å². The van der Waals surface area contributed by atoms with Crippen molar-refractivity contribution in [3.8, 4) is 0 Å². The van der Waals surface area contributed by atoms with E-state index in [1.165, 1.54) is 0 Å². The molecule has 1 aromatic rings. The highest BCUT2D eigenvalue weighted by Crippen LogP contribution is 2.34. The lowest BCUT2D eigenvalue weighted by molar-refractivity contribution is 0.0846. The molecule has 0 radical (unpaired) electrons. The number of aromatic nitrogens is 1. The van der Waals surface area contributed by atoms with Gasteiger partial charge in [0.2, 0.25) is 0 Å². The Balaban J connectivity index is 2.90. The summed E-state index contributed by atoms with van der Waals surface area (Å²) >= 11 is 1.10. The Morgan fingerprint density at radius 3 is 2.63 bits per heavy atom. The summed E-state index contributed by atoms with van der Waals surface area (Å²) < 4.78 is 33.4. The van der Waals surface area contributed by atoms with E-state index in [-0.39, 0.29) is 22.6 Å². The lowest BCUT2D eigenvalue weighted by atomic mass is 10.5. The number of ether oxygens (including phenoxy) is 1. The molecular weight excluding hydrogens is 286 g/mol. The number of nitrogens with zero attached hydrogens (tertiary/aromatic N) is 2. The highest BCUT2D eigenvalue weighted by molar-refractivity contribution is 7.91. The van der Waals surface area contributed by atoms with E-state index in [9.17, 15) is 8.42 Å². The maximum Gasteiger partial charge on any atom is 0.184 e. The fraction of sp³-hybridized carbons (Fsp3) is 0.727. The molecule has 0 aliphatic heterocycles. The Bertz CT molecular complexity index is 511. The Hall–Kier alpha value is -0.860. The minimum Gasteiger partial charge on any atom is -0.382 e. The number of nitrogens with two attached hydrogens (primary N) is 1. The average molecular weight is 307 g/mol. The van der Waals surface area contributed by atoms with Gasteiger partial charge in [-0.1, -0.05) is 6.92 Å². The van der Waals surface area contributed by atoms with Crippen LogP contribution in [0.15, 0.2) is 4.90 Å². The molecule has 0 bridgehead atoms.